The fraction of sp³-hybridized carbons (Fsp3) is 0.240. The van der Waals surface area contributed by atoms with Crippen molar-refractivity contribution in [3.8, 4) is 11.1 Å². The summed E-state index contributed by atoms with van der Waals surface area (Å²) >= 11 is 0. The van der Waals surface area contributed by atoms with Crippen LogP contribution in [0.4, 0.5) is 4.39 Å². The van der Waals surface area contributed by atoms with Crippen molar-refractivity contribution in [3.05, 3.63) is 84.1 Å². The van der Waals surface area contributed by atoms with Gasteiger partial charge >= 0.3 is 0 Å². The molecule has 1 aliphatic heterocycles. The van der Waals surface area contributed by atoms with Crippen LogP contribution in [0, 0.1) is 5.82 Å². The van der Waals surface area contributed by atoms with E-state index in [1.165, 1.54) is 6.07 Å². The molecule has 0 unspecified atom stereocenters. The molecular formula is C25H25ClFN3O2. The van der Waals surface area contributed by atoms with Crippen molar-refractivity contribution in [3.63, 3.8) is 0 Å². The number of hydrogen-bond acceptors (Lipinski definition) is 3. The molecule has 2 aromatic heterocycles. The van der Waals surface area contributed by atoms with Crippen LogP contribution in [0.1, 0.15) is 16.2 Å². The number of fused-ring (bicyclic) bond motifs is 1. The highest BCUT2D eigenvalue weighted by Crippen LogP contribution is 2.28. The second-order valence-electron chi connectivity index (χ2n) is 8.05. The molecule has 7 heteroatoms. The standard InChI is InChI=1S/C25H24FN3O2.ClH/c1-27-9-3-6-23(27)25(30)29-12-10-28(11-13-29)17-22-16-20-14-19(7-8-24(20)31-22)18-4-2-5-21(26)15-18;/h2-9,14-16H,10-13,17H2,1H3;1H. The van der Waals surface area contributed by atoms with E-state index >= 15 is 0 Å². The average Bonchev–Trinajstić information content (AvgIpc) is 3.38. The molecular weight excluding hydrogens is 429 g/mol. The summed E-state index contributed by atoms with van der Waals surface area (Å²) in [4.78, 5) is 16.9. The maximum Gasteiger partial charge on any atom is 0.270 e. The monoisotopic (exact) mass is 453 g/mol. The fourth-order valence-electron chi connectivity index (χ4n) is 4.20. The summed E-state index contributed by atoms with van der Waals surface area (Å²) < 4.78 is 21.5. The molecule has 4 aromatic rings. The maximum atomic E-state index is 13.6. The first-order valence-corrected chi connectivity index (χ1v) is 10.5. The minimum absolute atomic E-state index is 0. The van der Waals surface area contributed by atoms with Crippen LogP contribution >= 0.6 is 12.4 Å². The second-order valence-corrected chi connectivity index (χ2v) is 8.05. The number of furan rings is 1. The zero-order chi connectivity index (χ0) is 21.4. The van der Waals surface area contributed by atoms with Crippen LogP contribution in [0.5, 0.6) is 0 Å². The SMILES string of the molecule is Cl.Cn1cccc1C(=O)N1CCN(Cc2cc3cc(-c4cccc(F)c4)ccc3o2)CC1. The number of halogens is 2. The molecule has 1 aliphatic rings. The molecule has 166 valence electrons. The maximum absolute atomic E-state index is 13.6. The Kier molecular flexibility index (Phi) is 6.35. The van der Waals surface area contributed by atoms with Gasteiger partial charge in [-0.05, 0) is 53.6 Å². The lowest BCUT2D eigenvalue weighted by molar-refractivity contribution is 0.0612. The summed E-state index contributed by atoms with van der Waals surface area (Å²) in [7, 11) is 1.89. The first-order chi connectivity index (χ1) is 15.1. The van der Waals surface area contributed by atoms with E-state index in [9.17, 15) is 9.18 Å². The first-order valence-electron chi connectivity index (χ1n) is 10.5. The molecule has 0 radical (unpaired) electrons. The lowest BCUT2D eigenvalue weighted by Crippen LogP contribution is -2.48. The van der Waals surface area contributed by atoms with Crippen LogP contribution in [0.25, 0.3) is 22.1 Å². The van der Waals surface area contributed by atoms with Gasteiger partial charge in [0.1, 0.15) is 22.9 Å². The minimum atomic E-state index is -0.241. The van der Waals surface area contributed by atoms with Gasteiger partial charge in [-0.2, -0.15) is 0 Å². The van der Waals surface area contributed by atoms with E-state index < -0.39 is 0 Å². The quantitative estimate of drug-likeness (QED) is 0.438. The first kappa shape index (κ1) is 22.1. The minimum Gasteiger partial charge on any atom is -0.460 e. The number of benzene rings is 2. The lowest BCUT2D eigenvalue weighted by Gasteiger charge is -2.34. The van der Waals surface area contributed by atoms with Crippen molar-refractivity contribution in [1.29, 1.82) is 0 Å². The topological polar surface area (TPSA) is 41.6 Å². The molecule has 32 heavy (non-hydrogen) atoms. The molecule has 5 nitrogen and oxygen atoms in total. The number of amides is 1. The van der Waals surface area contributed by atoms with Gasteiger partial charge in [0, 0.05) is 44.8 Å². The number of hydrogen-bond donors (Lipinski definition) is 0. The summed E-state index contributed by atoms with van der Waals surface area (Å²) in [5.74, 6) is 0.740. The summed E-state index contributed by atoms with van der Waals surface area (Å²) in [6, 6.07) is 18.4. The van der Waals surface area contributed by atoms with Crippen LogP contribution in [0.15, 0.2) is 71.3 Å². The van der Waals surface area contributed by atoms with Crippen LogP contribution < -0.4 is 0 Å². The Bertz CT molecular complexity index is 1240. The van der Waals surface area contributed by atoms with Gasteiger partial charge in [-0.25, -0.2) is 4.39 Å². The zero-order valence-corrected chi connectivity index (χ0v) is 18.6. The van der Waals surface area contributed by atoms with E-state index in [4.69, 9.17) is 4.42 Å². The zero-order valence-electron chi connectivity index (χ0n) is 17.8. The van der Waals surface area contributed by atoms with Gasteiger partial charge < -0.3 is 13.9 Å². The second kappa shape index (κ2) is 9.18. The molecule has 1 fully saturated rings. The van der Waals surface area contributed by atoms with E-state index in [0.717, 1.165) is 46.6 Å². The van der Waals surface area contributed by atoms with Crippen molar-refractivity contribution in [1.82, 2.24) is 14.4 Å². The molecule has 0 spiro atoms. The summed E-state index contributed by atoms with van der Waals surface area (Å²) in [6.45, 7) is 3.72. The number of rotatable bonds is 4. The molecule has 1 saturated heterocycles. The lowest BCUT2D eigenvalue weighted by atomic mass is 10.0. The van der Waals surface area contributed by atoms with Crippen molar-refractivity contribution in [2.45, 2.75) is 6.54 Å². The van der Waals surface area contributed by atoms with Gasteiger partial charge in [0.15, 0.2) is 0 Å². The Morgan fingerprint density at radius 2 is 1.75 bits per heavy atom. The third kappa shape index (κ3) is 4.42. The Labute approximate surface area is 192 Å². The van der Waals surface area contributed by atoms with E-state index in [0.29, 0.717) is 19.6 Å². The number of piperazine rings is 1. The van der Waals surface area contributed by atoms with Gasteiger partial charge in [-0.15, -0.1) is 12.4 Å². The predicted molar refractivity (Wildman–Crippen MR) is 125 cm³/mol. The fourth-order valence-corrected chi connectivity index (χ4v) is 4.20. The highest BCUT2D eigenvalue weighted by Gasteiger charge is 2.24. The average molecular weight is 454 g/mol. The van der Waals surface area contributed by atoms with E-state index in [-0.39, 0.29) is 24.1 Å². The molecule has 5 rings (SSSR count). The Hall–Kier alpha value is -3.09. The molecule has 2 aromatic carbocycles. The number of aromatic nitrogens is 1. The van der Waals surface area contributed by atoms with Crippen LogP contribution in [0.3, 0.4) is 0 Å². The van der Waals surface area contributed by atoms with Crippen molar-refractivity contribution >= 4 is 29.3 Å². The van der Waals surface area contributed by atoms with E-state index in [2.05, 4.69) is 11.0 Å². The van der Waals surface area contributed by atoms with Crippen molar-refractivity contribution in [2.24, 2.45) is 7.05 Å². The van der Waals surface area contributed by atoms with Gasteiger partial charge in [-0.1, -0.05) is 18.2 Å². The molecule has 0 bridgehead atoms. The van der Waals surface area contributed by atoms with Gasteiger partial charge in [0.05, 0.1) is 6.54 Å². The number of carbonyl (C=O) groups excluding carboxylic acids is 1. The summed E-state index contributed by atoms with van der Waals surface area (Å²) in [6.07, 6.45) is 1.89. The molecule has 3 heterocycles. The highest BCUT2D eigenvalue weighted by atomic mass is 35.5. The third-order valence-electron chi connectivity index (χ3n) is 5.93. The van der Waals surface area contributed by atoms with Crippen molar-refractivity contribution in [2.75, 3.05) is 26.2 Å². The smallest absolute Gasteiger partial charge is 0.270 e. The Balaban J connectivity index is 0.00000245. The van der Waals surface area contributed by atoms with Crippen LogP contribution in [-0.2, 0) is 13.6 Å². The van der Waals surface area contributed by atoms with E-state index in [1.807, 2.05) is 59.1 Å². The normalized spacial score (nSPS) is 14.5. The number of carbonyl (C=O) groups is 1. The largest absolute Gasteiger partial charge is 0.460 e. The Morgan fingerprint density at radius 1 is 0.969 bits per heavy atom. The third-order valence-corrected chi connectivity index (χ3v) is 5.93. The molecule has 0 aliphatic carbocycles. The van der Waals surface area contributed by atoms with Gasteiger partial charge in [0.2, 0.25) is 0 Å². The van der Waals surface area contributed by atoms with Gasteiger partial charge in [0.25, 0.3) is 5.91 Å². The summed E-state index contributed by atoms with van der Waals surface area (Å²) in [5, 5.41) is 1.01. The number of nitrogens with zero attached hydrogens (tertiary/aromatic N) is 3. The Morgan fingerprint density at radius 3 is 2.47 bits per heavy atom. The summed E-state index contributed by atoms with van der Waals surface area (Å²) in [5.41, 5.74) is 3.36. The molecule has 0 N–H and O–H groups in total. The molecule has 0 saturated carbocycles. The van der Waals surface area contributed by atoms with Crippen LogP contribution in [0.2, 0.25) is 0 Å². The molecule has 1 amide bonds. The number of aryl methyl sites for hydroxylation is 1. The predicted octanol–water partition coefficient (Wildman–Crippen LogP) is 4.96. The van der Waals surface area contributed by atoms with Crippen LogP contribution in [-0.4, -0.2) is 46.5 Å². The molecule has 0 atom stereocenters. The van der Waals surface area contributed by atoms with Gasteiger partial charge in [-0.3, -0.25) is 9.69 Å². The van der Waals surface area contributed by atoms with E-state index in [1.54, 1.807) is 12.1 Å². The van der Waals surface area contributed by atoms with Crippen molar-refractivity contribution < 1.29 is 13.6 Å². The highest BCUT2D eigenvalue weighted by molar-refractivity contribution is 5.92.